The molecule has 1 aromatic carbocycles. The summed E-state index contributed by atoms with van der Waals surface area (Å²) in [6.07, 6.45) is -1.72. The van der Waals surface area contributed by atoms with Crippen molar-refractivity contribution in [2.45, 2.75) is 25.6 Å². The number of aliphatic hydroxyl groups excluding tert-OH is 2. The van der Waals surface area contributed by atoms with Crippen molar-refractivity contribution < 1.29 is 19.4 Å². The molecule has 0 saturated carbocycles. The smallest absolute Gasteiger partial charge is 0.162 e. The van der Waals surface area contributed by atoms with Crippen LogP contribution in [0.1, 0.15) is 35.4 Å². The minimum absolute atomic E-state index is 0.0765. The van der Waals surface area contributed by atoms with Gasteiger partial charge in [-0.1, -0.05) is 6.07 Å². The Labute approximate surface area is 105 Å². The van der Waals surface area contributed by atoms with Crippen LogP contribution in [0, 0.1) is 5.82 Å². The van der Waals surface area contributed by atoms with Gasteiger partial charge in [-0.15, -0.1) is 0 Å². The number of Topliss-reactive ketones (excluding diaryl/α,β-unsaturated/α-hetero) is 1. The van der Waals surface area contributed by atoms with Crippen LogP contribution in [-0.2, 0) is 0 Å². The first-order chi connectivity index (χ1) is 8.47. The highest BCUT2D eigenvalue weighted by Gasteiger charge is 2.19. The maximum atomic E-state index is 13.3. The largest absolute Gasteiger partial charge is 0.390 e. The number of hydrogen-bond donors (Lipinski definition) is 3. The van der Waals surface area contributed by atoms with Crippen LogP contribution in [0.15, 0.2) is 18.2 Å². The molecule has 2 atom stereocenters. The van der Waals surface area contributed by atoms with E-state index in [1.54, 1.807) is 7.05 Å². The molecular weight excluding hydrogens is 237 g/mol. The molecule has 0 aliphatic rings. The molecule has 0 fully saturated rings. The number of halogens is 1. The minimum Gasteiger partial charge on any atom is -0.390 e. The SMILES string of the molecule is CNCCC(O)C(O)c1ccc(F)c(C(C)=O)c1. The molecule has 1 rings (SSSR count). The van der Waals surface area contributed by atoms with Crippen LogP contribution in [-0.4, -0.2) is 35.7 Å². The molecule has 0 heterocycles. The van der Waals surface area contributed by atoms with Crippen molar-refractivity contribution in [1.82, 2.24) is 5.32 Å². The average molecular weight is 255 g/mol. The fourth-order valence-electron chi connectivity index (χ4n) is 1.67. The summed E-state index contributed by atoms with van der Waals surface area (Å²) >= 11 is 0. The zero-order valence-electron chi connectivity index (χ0n) is 10.5. The number of nitrogens with one attached hydrogen (secondary N) is 1. The van der Waals surface area contributed by atoms with Gasteiger partial charge < -0.3 is 15.5 Å². The summed E-state index contributed by atoms with van der Waals surface area (Å²) in [4.78, 5) is 11.2. The second-order valence-corrected chi connectivity index (χ2v) is 4.20. The lowest BCUT2D eigenvalue weighted by Crippen LogP contribution is -2.23. The summed E-state index contributed by atoms with van der Waals surface area (Å²) < 4.78 is 13.3. The van der Waals surface area contributed by atoms with Gasteiger partial charge in [-0.25, -0.2) is 4.39 Å². The maximum absolute atomic E-state index is 13.3. The van der Waals surface area contributed by atoms with Crippen molar-refractivity contribution in [3.63, 3.8) is 0 Å². The van der Waals surface area contributed by atoms with E-state index >= 15 is 0 Å². The summed E-state index contributed by atoms with van der Waals surface area (Å²) in [5, 5.41) is 22.5. The Morgan fingerprint density at radius 3 is 2.67 bits per heavy atom. The standard InChI is InChI=1S/C13H18FNO3/c1-8(16)10-7-9(3-4-11(10)14)13(18)12(17)5-6-15-2/h3-4,7,12-13,15,17-18H,5-6H2,1-2H3. The first-order valence-electron chi connectivity index (χ1n) is 5.78. The van der Waals surface area contributed by atoms with E-state index < -0.39 is 23.8 Å². The van der Waals surface area contributed by atoms with Crippen molar-refractivity contribution in [3.05, 3.63) is 35.1 Å². The first-order valence-corrected chi connectivity index (χ1v) is 5.78. The number of benzene rings is 1. The highest BCUT2D eigenvalue weighted by molar-refractivity contribution is 5.94. The van der Waals surface area contributed by atoms with Crippen LogP contribution in [0.2, 0.25) is 0 Å². The van der Waals surface area contributed by atoms with E-state index in [0.29, 0.717) is 18.5 Å². The molecule has 100 valence electrons. The molecule has 0 bridgehead atoms. The number of hydrogen-bond acceptors (Lipinski definition) is 4. The third-order valence-corrected chi connectivity index (χ3v) is 2.77. The van der Waals surface area contributed by atoms with Crippen LogP contribution in [0.25, 0.3) is 0 Å². The monoisotopic (exact) mass is 255 g/mol. The normalized spacial score (nSPS) is 14.3. The number of rotatable bonds is 6. The maximum Gasteiger partial charge on any atom is 0.162 e. The molecule has 0 spiro atoms. The minimum atomic E-state index is -1.13. The lowest BCUT2D eigenvalue weighted by molar-refractivity contribution is 0.0139. The molecule has 5 heteroatoms. The molecule has 0 aliphatic carbocycles. The molecule has 1 aromatic rings. The van der Waals surface area contributed by atoms with Gasteiger partial charge in [-0.3, -0.25) is 4.79 Å². The Hall–Kier alpha value is -1.30. The van der Waals surface area contributed by atoms with E-state index in [2.05, 4.69) is 5.32 Å². The molecule has 0 aromatic heterocycles. The van der Waals surface area contributed by atoms with Crippen LogP contribution in [0.4, 0.5) is 4.39 Å². The topological polar surface area (TPSA) is 69.6 Å². The van der Waals surface area contributed by atoms with Crippen LogP contribution in [0.5, 0.6) is 0 Å². The van der Waals surface area contributed by atoms with Gasteiger partial charge in [0.2, 0.25) is 0 Å². The summed E-state index contributed by atoms with van der Waals surface area (Å²) in [5.74, 6) is -1.03. The van der Waals surface area contributed by atoms with Gasteiger partial charge in [0.05, 0.1) is 11.7 Å². The Kier molecular flexibility index (Phi) is 5.40. The molecule has 0 saturated heterocycles. The van der Waals surface area contributed by atoms with E-state index in [-0.39, 0.29) is 5.56 Å². The Morgan fingerprint density at radius 1 is 1.44 bits per heavy atom. The van der Waals surface area contributed by atoms with E-state index in [1.165, 1.54) is 19.1 Å². The van der Waals surface area contributed by atoms with Gasteiger partial charge in [0, 0.05) is 0 Å². The van der Waals surface area contributed by atoms with E-state index in [9.17, 15) is 19.4 Å². The number of aliphatic hydroxyl groups is 2. The van der Waals surface area contributed by atoms with Crippen molar-refractivity contribution in [2.24, 2.45) is 0 Å². The summed E-state index contributed by atoms with van der Waals surface area (Å²) in [7, 11) is 1.74. The van der Waals surface area contributed by atoms with Crippen LogP contribution < -0.4 is 5.32 Å². The third kappa shape index (κ3) is 3.60. The predicted molar refractivity (Wildman–Crippen MR) is 65.9 cm³/mol. The second-order valence-electron chi connectivity index (χ2n) is 4.20. The lowest BCUT2D eigenvalue weighted by Gasteiger charge is -2.18. The fraction of sp³-hybridized carbons (Fsp3) is 0.462. The lowest BCUT2D eigenvalue weighted by atomic mass is 9.98. The molecule has 0 aliphatic heterocycles. The van der Waals surface area contributed by atoms with Gasteiger partial charge in [0.1, 0.15) is 11.9 Å². The first kappa shape index (κ1) is 14.8. The molecule has 0 amide bonds. The van der Waals surface area contributed by atoms with Gasteiger partial charge in [-0.2, -0.15) is 0 Å². The molecular formula is C13H18FNO3. The van der Waals surface area contributed by atoms with Crippen LogP contribution in [0.3, 0.4) is 0 Å². The van der Waals surface area contributed by atoms with Gasteiger partial charge >= 0.3 is 0 Å². The number of ketones is 1. The Bertz CT molecular complexity index is 423. The predicted octanol–water partition coefficient (Wildman–Crippen LogP) is 1.03. The molecule has 2 unspecified atom stereocenters. The zero-order chi connectivity index (χ0) is 13.7. The van der Waals surface area contributed by atoms with E-state index in [0.717, 1.165) is 6.07 Å². The second kappa shape index (κ2) is 6.58. The van der Waals surface area contributed by atoms with Crippen molar-refractivity contribution in [2.75, 3.05) is 13.6 Å². The van der Waals surface area contributed by atoms with Gasteiger partial charge in [-0.05, 0) is 44.6 Å². The highest BCUT2D eigenvalue weighted by atomic mass is 19.1. The number of carbonyl (C=O) groups is 1. The summed E-state index contributed by atoms with van der Waals surface area (Å²) in [5.41, 5.74) is 0.262. The highest BCUT2D eigenvalue weighted by Crippen LogP contribution is 2.21. The Balaban J connectivity index is 2.89. The Morgan fingerprint density at radius 2 is 2.11 bits per heavy atom. The number of carbonyl (C=O) groups excluding carboxylic acids is 1. The van der Waals surface area contributed by atoms with E-state index in [4.69, 9.17) is 0 Å². The quantitative estimate of drug-likeness (QED) is 0.664. The van der Waals surface area contributed by atoms with Crippen molar-refractivity contribution in [3.8, 4) is 0 Å². The fourth-order valence-corrected chi connectivity index (χ4v) is 1.67. The molecule has 3 N–H and O–H groups in total. The molecule has 4 nitrogen and oxygen atoms in total. The summed E-state index contributed by atoms with van der Waals surface area (Å²) in [6, 6.07) is 3.78. The summed E-state index contributed by atoms with van der Waals surface area (Å²) in [6.45, 7) is 1.81. The molecule has 18 heavy (non-hydrogen) atoms. The molecule has 0 radical (unpaired) electrons. The van der Waals surface area contributed by atoms with Gasteiger partial charge in [0.15, 0.2) is 5.78 Å². The average Bonchev–Trinajstić information content (AvgIpc) is 2.35. The van der Waals surface area contributed by atoms with E-state index in [1.807, 2.05) is 0 Å². The third-order valence-electron chi connectivity index (χ3n) is 2.77. The van der Waals surface area contributed by atoms with Crippen molar-refractivity contribution >= 4 is 5.78 Å². The zero-order valence-corrected chi connectivity index (χ0v) is 10.5. The van der Waals surface area contributed by atoms with Crippen LogP contribution >= 0.6 is 0 Å². The van der Waals surface area contributed by atoms with Crippen molar-refractivity contribution in [1.29, 1.82) is 0 Å². The van der Waals surface area contributed by atoms with Gasteiger partial charge in [0.25, 0.3) is 0 Å².